The molecule has 210 valence electrons. The van der Waals surface area contributed by atoms with Gasteiger partial charge in [0.05, 0.1) is 35.9 Å². The molecule has 2 aromatic rings. The van der Waals surface area contributed by atoms with Crippen LogP contribution < -0.4 is 4.90 Å². The van der Waals surface area contributed by atoms with E-state index in [0.717, 1.165) is 23.2 Å². The molecule has 1 aromatic heterocycles. The van der Waals surface area contributed by atoms with Crippen LogP contribution in [0.15, 0.2) is 18.3 Å². The van der Waals surface area contributed by atoms with Crippen molar-refractivity contribution < 1.29 is 45.1 Å². The number of carbonyl (C=O) groups excluding carboxylic acids is 1. The van der Waals surface area contributed by atoms with Crippen LogP contribution in [0.4, 0.5) is 32.7 Å². The Bertz CT molecular complexity index is 1230. The van der Waals surface area contributed by atoms with Gasteiger partial charge in [-0.1, -0.05) is 0 Å². The molecule has 38 heavy (non-hydrogen) atoms. The van der Waals surface area contributed by atoms with Gasteiger partial charge in [-0.2, -0.15) is 27.2 Å². The van der Waals surface area contributed by atoms with E-state index in [2.05, 4.69) is 9.97 Å². The van der Waals surface area contributed by atoms with E-state index in [1.807, 2.05) is 0 Å². The summed E-state index contributed by atoms with van der Waals surface area (Å²) in [4.78, 5) is 21.6. The highest BCUT2D eigenvalue weighted by Crippen LogP contribution is 2.67. The molecule has 0 aliphatic carbocycles. The van der Waals surface area contributed by atoms with Crippen LogP contribution in [0.3, 0.4) is 0 Å². The van der Waals surface area contributed by atoms with E-state index >= 15 is 8.78 Å². The Morgan fingerprint density at radius 2 is 1.71 bits per heavy atom. The predicted molar refractivity (Wildman–Crippen MR) is 128 cm³/mol. The summed E-state index contributed by atoms with van der Waals surface area (Å²) >= 11 is 0. The maximum Gasteiger partial charge on any atom is 0.417 e. The molecule has 0 bridgehead atoms. The van der Waals surface area contributed by atoms with Gasteiger partial charge >= 0.3 is 25.5 Å². The second-order valence-corrected chi connectivity index (χ2v) is 11.0. The van der Waals surface area contributed by atoms with Crippen LogP contribution in [-0.4, -0.2) is 47.6 Å². The zero-order valence-electron chi connectivity index (χ0n) is 21.4. The van der Waals surface area contributed by atoms with E-state index in [1.54, 1.807) is 26.8 Å². The minimum absolute atomic E-state index is 0.104. The molecule has 15 heteroatoms. The van der Waals surface area contributed by atoms with Crippen molar-refractivity contribution in [2.75, 3.05) is 24.7 Å². The maximum absolute atomic E-state index is 15.5. The molecule has 0 fully saturated rings. The average molecular weight is 566 g/mol. The number of halogens is 5. The lowest BCUT2D eigenvalue weighted by Gasteiger charge is -2.27. The Hall–Kier alpha value is -2.88. The fourth-order valence-corrected chi connectivity index (χ4v) is 4.81. The summed E-state index contributed by atoms with van der Waals surface area (Å²) in [5.41, 5.74) is -7.02. The standard InChI is InChI=1S/C23H28F5N4O5P/c1-6-35-38(34,36-7-2)23(27,28)17-12-18-16(11-15(17)13-29)14-30-19(31-18)32(10-8-9-22(24,25)26)20(33)37-21(3,4)5/h11-12,14H,6-10H2,1-5H3. The Kier molecular flexibility index (Phi) is 9.80. The molecule has 0 aliphatic rings. The fraction of sp³-hybridized carbons (Fsp3) is 0.565. The van der Waals surface area contributed by atoms with E-state index in [4.69, 9.17) is 13.8 Å². The smallest absolute Gasteiger partial charge is 0.417 e. The van der Waals surface area contributed by atoms with Gasteiger partial charge < -0.3 is 13.8 Å². The van der Waals surface area contributed by atoms with Crippen molar-refractivity contribution in [3.8, 4) is 6.07 Å². The molecule has 0 radical (unpaired) electrons. The maximum atomic E-state index is 15.5. The number of anilines is 1. The number of aromatic nitrogens is 2. The first kappa shape index (κ1) is 31.3. The summed E-state index contributed by atoms with van der Waals surface area (Å²) in [6.07, 6.45) is -6.12. The minimum atomic E-state index is -5.08. The number of benzene rings is 1. The SMILES string of the molecule is CCOP(=O)(OCC)C(F)(F)c1cc2nc(N(CCCC(F)(F)F)C(=O)OC(C)(C)C)ncc2cc1C#N. The van der Waals surface area contributed by atoms with Crippen molar-refractivity contribution in [1.82, 2.24) is 9.97 Å². The number of hydrogen-bond acceptors (Lipinski definition) is 8. The van der Waals surface area contributed by atoms with Crippen molar-refractivity contribution in [2.24, 2.45) is 0 Å². The molecular weight excluding hydrogens is 538 g/mol. The number of fused-ring (bicyclic) bond motifs is 1. The van der Waals surface area contributed by atoms with Gasteiger partial charge in [-0.3, -0.25) is 4.57 Å². The van der Waals surface area contributed by atoms with Crippen LogP contribution in [0.5, 0.6) is 0 Å². The van der Waals surface area contributed by atoms with Gasteiger partial charge in [0.1, 0.15) is 5.60 Å². The Balaban J connectivity index is 2.64. The normalized spacial score (nSPS) is 12.9. The molecular formula is C23H28F5N4O5P. The summed E-state index contributed by atoms with van der Waals surface area (Å²) in [6, 6.07) is 3.43. The molecule has 0 saturated heterocycles. The lowest BCUT2D eigenvalue weighted by molar-refractivity contribution is -0.135. The van der Waals surface area contributed by atoms with Crippen molar-refractivity contribution in [3.05, 3.63) is 29.5 Å². The second-order valence-electron chi connectivity index (χ2n) is 8.96. The zero-order chi connectivity index (χ0) is 28.9. The number of hydrogen-bond donors (Lipinski definition) is 0. The molecule has 0 spiro atoms. The van der Waals surface area contributed by atoms with Gasteiger partial charge in [-0.05, 0) is 53.2 Å². The van der Waals surface area contributed by atoms with Crippen LogP contribution >= 0.6 is 7.60 Å². The van der Waals surface area contributed by atoms with E-state index in [1.165, 1.54) is 13.8 Å². The zero-order valence-corrected chi connectivity index (χ0v) is 22.3. The van der Waals surface area contributed by atoms with E-state index in [-0.39, 0.29) is 24.1 Å². The van der Waals surface area contributed by atoms with Gasteiger partial charge in [-0.15, -0.1) is 0 Å². The first-order valence-electron chi connectivity index (χ1n) is 11.5. The van der Waals surface area contributed by atoms with Gasteiger partial charge in [0.15, 0.2) is 0 Å². The third-order valence-electron chi connectivity index (χ3n) is 4.79. The minimum Gasteiger partial charge on any atom is -0.443 e. The molecule has 0 aliphatic heterocycles. The average Bonchev–Trinajstić information content (AvgIpc) is 2.79. The predicted octanol–water partition coefficient (Wildman–Crippen LogP) is 6.90. The first-order valence-corrected chi connectivity index (χ1v) is 13.1. The van der Waals surface area contributed by atoms with Crippen molar-refractivity contribution >= 4 is 30.5 Å². The lowest BCUT2D eigenvalue weighted by Crippen LogP contribution is -2.38. The largest absolute Gasteiger partial charge is 0.443 e. The third-order valence-corrected chi connectivity index (χ3v) is 6.92. The molecule has 1 heterocycles. The monoisotopic (exact) mass is 566 g/mol. The highest BCUT2D eigenvalue weighted by atomic mass is 31.2. The number of rotatable bonds is 10. The number of nitrogens with zero attached hydrogens (tertiary/aromatic N) is 4. The van der Waals surface area contributed by atoms with Crippen molar-refractivity contribution in [2.45, 2.75) is 64.9 Å². The highest BCUT2D eigenvalue weighted by Gasteiger charge is 2.56. The van der Waals surface area contributed by atoms with Crippen LogP contribution in [0.2, 0.25) is 0 Å². The Morgan fingerprint density at radius 3 is 2.21 bits per heavy atom. The molecule has 0 saturated carbocycles. The topological polar surface area (TPSA) is 115 Å². The summed E-state index contributed by atoms with van der Waals surface area (Å²) in [7, 11) is -5.08. The Morgan fingerprint density at radius 1 is 1.11 bits per heavy atom. The van der Waals surface area contributed by atoms with Gasteiger partial charge in [-0.25, -0.2) is 19.7 Å². The fourth-order valence-electron chi connectivity index (χ4n) is 3.25. The Labute approximate surface area is 216 Å². The molecule has 0 atom stereocenters. The summed E-state index contributed by atoms with van der Waals surface area (Å²) < 4.78 is 96.9. The van der Waals surface area contributed by atoms with Gasteiger partial charge in [0.2, 0.25) is 5.95 Å². The number of alkyl halides is 5. The van der Waals surface area contributed by atoms with Crippen LogP contribution in [0, 0.1) is 11.3 Å². The molecule has 0 N–H and O–H groups in total. The van der Waals surface area contributed by atoms with E-state index < -0.39 is 67.6 Å². The molecule has 1 aromatic carbocycles. The lowest BCUT2D eigenvalue weighted by atomic mass is 10.1. The van der Waals surface area contributed by atoms with Crippen LogP contribution in [0.25, 0.3) is 10.9 Å². The first-order chi connectivity index (χ1) is 17.5. The highest BCUT2D eigenvalue weighted by molar-refractivity contribution is 7.54. The van der Waals surface area contributed by atoms with Crippen molar-refractivity contribution in [1.29, 1.82) is 5.26 Å². The van der Waals surface area contributed by atoms with Gasteiger partial charge in [0.25, 0.3) is 0 Å². The molecule has 1 amide bonds. The third kappa shape index (κ3) is 7.58. The number of nitriles is 1. The van der Waals surface area contributed by atoms with Crippen LogP contribution in [0.1, 0.15) is 58.6 Å². The number of ether oxygens (including phenoxy) is 1. The molecule has 9 nitrogen and oxygen atoms in total. The van der Waals surface area contributed by atoms with Crippen molar-refractivity contribution in [3.63, 3.8) is 0 Å². The molecule has 0 unspecified atom stereocenters. The molecule has 2 rings (SSSR count). The number of carbonyl (C=O) groups is 1. The quantitative estimate of drug-likeness (QED) is 0.225. The number of amides is 1. The van der Waals surface area contributed by atoms with E-state index in [9.17, 15) is 27.8 Å². The second kappa shape index (κ2) is 11.9. The van der Waals surface area contributed by atoms with Crippen LogP contribution in [-0.2, 0) is 24.0 Å². The summed E-state index contributed by atoms with van der Waals surface area (Å²) in [6.45, 7) is 6.12. The van der Waals surface area contributed by atoms with Gasteiger partial charge in [0, 0.05) is 24.5 Å². The van der Waals surface area contributed by atoms with E-state index in [0.29, 0.717) is 0 Å². The summed E-state index contributed by atoms with van der Waals surface area (Å²) in [5.74, 6) is -0.411. The summed E-state index contributed by atoms with van der Waals surface area (Å²) in [5, 5.41) is 9.60.